The monoisotopic (exact) mass is 288 g/mol. The van der Waals surface area contributed by atoms with E-state index in [1.54, 1.807) is 17.0 Å². The Labute approximate surface area is 124 Å². The topological polar surface area (TPSA) is 60.9 Å². The number of carbonyl (C=O) groups excluding carboxylic acids is 1. The van der Waals surface area contributed by atoms with Crippen LogP contribution >= 0.6 is 0 Å². The highest BCUT2D eigenvalue weighted by atomic mass is 16.4. The minimum absolute atomic E-state index is 0.100. The van der Waals surface area contributed by atoms with Crippen LogP contribution in [0.3, 0.4) is 0 Å². The quantitative estimate of drug-likeness (QED) is 0.917. The van der Waals surface area contributed by atoms with Crippen molar-refractivity contribution < 1.29 is 14.7 Å². The van der Waals surface area contributed by atoms with Crippen molar-refractivity contribution in [2.75, 3.05) is 31.1 Å². The maximum Gasteiger partial charge on any atom is 0.335 e. The third-order valence-corrected chi connectivity index (χ3v) is 4.37. The molecule has 0 bridgehead atoms. The first kappa shape index (κ1) is 14.1. The molecule has 3 rings (SSSR count). The van der Waals surface area contributed by atoms with Crippen LogP contribution in [0.1, 0.15) is 35.2 Å². The standard InChI is InChI=1S/C16H20N2O3/c19-15(6-9-17-7-1-2-8-17)18-10-5-12-3-4-13(16(20)21)11-14(12)18/h3-4,11H,1-2,5-10H2,(H,20,21). The van der Waals surface area contributed by atoms with Crippen LogP contribution in [0.5, 0.6) is 0 Å². The smallest absolute Gasteiger partial charge is 0.335 e. The van der Waals surface area contributed by atoms with E-state index in [2.05, 4.69) is 4.90 Å². The summed E-state index contributed by atoms with van der Waals surface area (Å²) in [4.78, 5) is 27.5. The minimum atomic E-state index is -0.950. The van der Waals surface area contributed by atoms with E-state index in [1.165, 1.54) is 12.8 Å². The number of anilines is 1. The Balaban J connectivity index is 1.68. The number of benzene rings is 1. The second-order valence-corrected chi connectivity index (χ2v) is 5.74. The van der Waals surface area contributed by atoms with E-state index in [9.17, 15) is 9.59 Å². The van der Waals surface area contributed by atoms with Crippen LogP contribution in [0.4, 0.5) is 5.69 Å². The number of carboxylic acid groups (broad SMARTS) is 1. The molecule has 0 unspecified atom stereocenters. The first-order valence-corrected chi connectivity index (χ1v) is 7.54. The SMILES string of the molecule is O=C(O)c1ccc2c(c1)N(C(=O)CCN1CCCC1)CC2. The highest BCUT2D eigenvalue weighted by Crippen LogP contribution is 2.29. The van der Waals surface area contributed by atoms with Gasteiger partial charge in [0.25, 0.3) is 0 Å². The average Bonchev–Trinajstić information content (AvgIpc) is 3.13. The van der Waals surface area contributed by atoms with Crippen LogP contribution in [-0.2, 0) is 11.2 Å². The van der Waals surface area contributed by atoms with Gasteiger partial charge < -0.3 is 14.9 Å². The second kappa shape index (κ2) is 5.85. The number of rotatable bonds is 4. The Morgan fingerprint density at radius 2 is 1.90 bits per heavy atom. The molecule has 0 atom stereocenters. The molecule has 21 heavy (non-hydrogen) atoms. The summed E-state index contributed by atoms with van der Waals surface area (Å²) < 4.78 is 0. The highest BCUT2D eigenvalue weighted by molar-refractivity contribution is 5.97. The molecule has 2 aliphatic rings. The van der Waals surface area contributed by atoms with Gasteiger partial charge in [0.1, 0.15) is 0 Å². The van der Waals surface area contributed by atoms with E-state index in [0.29, 0.717) is 13.0 Å². The fourth-order valence-electron chi connectivity index (χ4n) is 3.17. The molecule has 2 aliphatic heterocycles. The number of carboxylic acids is 1. The van der Waals surface area contributed by atoms with Crippen LogP contribution in [0.2, 0.25) is 0 Å². The molecule has 0 aromatic heterocycles. The summed E-state index contributed by atoms with van der Waals surface area (Å²) >= 11 is 0. The van der Waals surface area contributed by atoms with Gasteiger partial charge in [0, 0.05) is 25.2 Å². The number of hydrogen-bond acceptors (Lipinski definition) is 3. The van der Waals surface area contributed by atoms with Gasteiger partial charge >= 0.3 is 5.97 Å². The number of amides is 1. The third kappa shape index (κ3) is 2.93. The predicted octanol–water partition coefficient (Wildman–Crippen LogP) is 1.76. The van der Waals surface area contributed by atoms with Gasteiger partial charge in [0.15, 0.2) is 0 Å². The molecule has 0 radical (unpaired) electrons. The molecule has 1 fully saturated rings. The average molecular weight is 288 g/mol. The summed E-state index contributed by atoms with van der Waals surface area (Å²) in [5, 5.41) is 9.08. The molecule has 0 aliphatic carbocycles. The van der Waals surface area contributed by atoms with Crippen molar-refractivity contribution in [3.8, 4) is 0 Å². The van der Waals surface area contributed by atoms with Crippen LogP contribution in [0.15, 0.2) is 18.2 Å². The van der Waals surface area contributed by atoms with Crippen molar-refractivity contribution in [3.05, 3.63) is 29.3 Å². The van der Waals surface area contributed by atoms with Gasteiger partial charge in [-0.15, -0.1) is 0 Å². The van der Waals surface area contributed by atoms with Gasteiger partial charge in [-0.2, -0.15) is 0 Å². The van der Waals surface area contributed by atoms with E-state index in [4.69, 9.17) is 5.11 Å². The number of carbonyl (C=O) groups is 2. The van der Waals surface area contributed by atoms with Crippen molar-refractivity contribution in [2.24, 2.45) is 0 Å². The van der Waals surface area contributed by atoms with Crippen LogP contribution in [0.25, 0.3) is 0 Å². The van der Waals surface area contributed by atoms with Crippen molar-refractivity contribution in [1.82, 2.24) is 4.90 Å². The largest absolute Gasteiger partial charge is 0.478 e. The summed E-state index contributed by atoms with van der Waals surface area (Å²) in [5.41, 5.74) is 2.09. The van der Waals surface area contributed by atoms with E-state index in [-0.39, 0.29) is 11.5 Å². The van der Waals surface area contributed by atoms with Crippen molar-refractivity contribution >= 4 is 17.6 Å². The fraction of sp³-hybridized carbons (Fsp3) is 0.500. The zero-order chi connectivity index (χ0) is 14.8. The first-order chi connectivity index (χ1) is 10.1. The number of fused-ring (bicyclic) bond motifs is 1. The number of hydrogen-bond donors (Lipinski definition) is 1. The number of aromatic carboxylic acids is 1. The zero-order valence-electron chi connectivity index (χ0n) is 12.0. The molecule has 112 valence electrons. The molecule has 1 aromatic rings. The summed E-state index contributed by atoms with van der Waals surface area (Å²) in [7, 11) is 0. The molecular formula is C16H20N2O3. The Kier molecular flexibility index (Phi) is 3.92. The van der Waals surface area contributed by atoms with Crippen LogP contribution in [-0.4, -0.2) is 48.1 Å². The maximum absolute atomic E-state index is 12.4. The zero-order valence-corrected chi connectivity index (χ0v) is 12.0. The second-order valence-electron chi connectivity index (χ2n) is 5.74. The van der Waals surface area contributed by atoms with Gasteiger partial charge in [0.05, 0.1) is 5.56 Å². The molecule has 1 N–H and O–H groups in total. The molecule has 2 heterocycles. The lowest BCUT2D eigenvalue weighted by molar-refractivity contribution is -0.118. The minimum Gasteiger partial charge on any atom is -0.478 e. The molecular weight excluding hydrogens is 268 g/mol. The first-order valence-electron chi connectivity index (χ1n) is 7.54. The molecule has 0 spiro atoms. The fourth-order valence-corrected chi connectivity index (χ4v) is 3.17. The Morgan fingerprint density at radius 1 is 1.14 bits per heavy atom. The summed E-state index contributed by atoms with van der Waals surface area (Å²) in [5.74, 6) is -0.850. The van der Waals surface area contributed by atoms with E-state index < -0.39 is 5.97 Å². The van der Waals surface area contributed by atoms with E-state index in [0.717, 1.165) is 37.3 Å². The maximum atomic E-state index is 12.4. The summed E-state index contributed by atoms with van der Waals surface area (Å²) in [6.07, 6.45) is 3.77. The molecule has 5 nitrogen and oxygen atoms in total. The molecule has 1 saturated heterocycles. The van der Waals surface area contributed by atoms with E-state index >= 15 is 0 Å². The van der Waals surface area contributed by atoms with Gasteiger partial charge in [-0.1, -0.05) is 6.07 Å². The number of likely N-dealkylation sites (tertiary alicyclic amines) is 1. The Bertz CT molecular complexity index is 565. The van der Waals surface area contributed by atoms with Crippen molar-refractivity contribution in [2.45, 2.75) is 25.7 Å². The normalized spacial score (nSPS) is 18.0. The summed E-state index contributed by atoms with van der Waals surface area (Å²) in [6.45, 7) is 3.65. The van der Waals surface area contributed by atoms with Crippen LogP contribution in [0, 0.1) is 0 Å². The molecule has 1 aromatic carbocycles. The van der Waals surface area contributed by atoms with Crippen molar-refractivity contribution in [3.63, 3.8) is 0 Å². The molecule has 5 heteroatoms. The van der Waals surface area contributed by atoms with Gasteiger partial charge in [0.2, 0.25) is 5.91 Å². The lowest BCUT2D eigenvalue weighted by Gasteiger charge is -2.20. The van der Waals surface area contributed by atoms with E-state index in [1.807, 2.05) is 6.07 Å². The summed E-state index contributed by atoms with van der Waals surface area (Å²) in [6, 6.07) is 5.06. The van der Waals surface area contributed by atoms with Crippen molar-refractivity contribution in [1.29, 1.82) is 0 Å². The number of nitrogens with zero attached hydrogens (tertiary/aromatic N) is 2. The molecule has 1 amide bonds. The van der Waals surface area contributed by atoms with Gasteiger partial charge in [-0.05, 0) is 50.0 Å². The van der Waals surface area contributed by atoms with Gasteiger partial charge in [-0.3, -0.25) is 4.79 Å². The lowest BCUT2D eigenvalue weighted by atomic mass is 10.1. The third-order valence-electron chi connectivity index (χ3n) is 4.37. The van der Waals surface area contributed by atoms with Gasteiger partial charge in [-0.25, -0.2) is 4.79 Å². The van der Waals surface area contributed by atoms with Crippen LogP contribution < -0.4 is 4.90 Å². The molecule has 0 saturated carbocycles. The lowest BCUT2D eigenvalue weighted by Crippen LogP contribution is -2.32. The Morgan fingerprint density at radius 3 is 2.62 bits per heavy atom. The predicted molar refractivity (Wildman–Crippen MR) is 79.7 cm³/mol. The Hall–Kier alpha value is -1.88. The highest BCUT2D eigenvalue weighted by Gasteiger charge is 2.26.